The van der Waals surface area contributed by atoms with Gasteiger partial charge in [-0.25, -0.2) is 9.59 Å². The van der Waals surface area contributed by atoms with Gasteiger partial charge < -0.3 is 24.4 Å². The molecule has 3 aromatic rings. The fourth-order valence-corrected chi connectivity index (χ4v) is 5.37. The highest BCUT2D eigenvalue weighted by Gasteiger charge is 2.24. The molecule has 212 valence electrons. The Morgan fingerprint density at radius 2 is 1.33 bits per heavy atom. The van der Waals surface area contributed by atoms with E-state index >= 15 is 0 Å². The summed E-state index contributed by atoms with van der Waals surface area (Å²) < 4.78 is 6.00. The first kappa shape index (κ1) is 30.3. The minimum Gasteiger partial charge on any atom is -0.478 e. The molecule has 0 aliphatic rings. The summed E-state index contributed by atoms with van der Waals surface area (Å²) in [5.41, 5.74) is 0.917. The second-order valence-electron chi connectivity index (χ2n) is 9.96. The quantitative estimate of drug-likeness (QED) is 0.177. The lowest BCUT2D eigenvalue weighted by Crippen LogP contribution is -2.24. The maximum Gasteiger partial charge on any atom is 0.339 e. The molecule has 0 amide bonds. The number of aryl methyl sites for hydroxylation is 2. The van der Waals surface area contributed by atoms with E-state index in [9.17, 15) is 24.6 Å². The first-order chi connectivity index (χ1) is 18.8. The first-order valence-corrected chi connectivity index (χ1v) is 14.2. The summed E-state index contributed by atoms with van der Waals surface area (Å²) in [4.78, 5) is 42.8. The van der Waals surface area contributed by atoms with Gasteiger partial charge in [0.1, 0.15) is 11.1 Å². The number of para-hydroxylation sites is 1. The van der Waals surface area contributed by atoms with Gasteiger partial charge in [-0.15, -0.1) is 0 Å². The van der Waals surface area contributed by atoms with E-state index in [0.29, 0.717) is 12.8 Å². The van der Waals surface area contributed by atoms with E-state index in [0.717, 1.165) is 76.1 Å². The molecule has 1 heterocycles. The fourth-order valence-electron chi connectivity index (χ4n) is 5.37. The minimum atomic E-state index is -1.23. The molecule has 2 N–H and O–H groups in total. The normalized spacial score (nSPS) is 11.7. The molecule has 3 rings (SSSR count). The Morgan fingerprint density at radius 3 is 1.87 bits per heavy atom. The van der Waals surface area contributed by atoms with Gasteiger partial charge in [-0.05, 0) is 107 Å². The largest absolute Gasteiger partial charge is 0.478 e. The van der Waals surface area contributed by atoms with Crippen molar-refractivity contribution in [3.8, 4) is 0 Å². The summed E-state index contributed by atoms with van der Waals surface area (Å²) in [5.74, 6) is -2.44. The molecule has 2 aromatic carbocycles. The van der Waals surface area contributed by atoms with Crippen LogP contribution in [0.25, 0.3) is 21.9 Å². The maximum atomic E-state index is 13.9. The predicted molar refractivity (Wildman–Crippen MR) is 155 cm³/mol. The molecule has 0 saturated carbocycles. The highest BCUT2D eigenvalue weighted by atomic mass is 16.4. The Labute approximate surface area is 230 Å². The number of aromatic carboxylic acids is 2. The van der Waals surface area contributed by atoms with E-state index in [4.69, 9.17) is 4.42 Å². The van der Waals surface area contributed by atoms with Crippen LogP contribution in [0.1, 0.15) is 85.2 Å². The van der Waals surface area contributed by atoms with Crippen molar-refractivity contribution in [2.24, 2.45) is 0 Å². The molecule has 0 saturated heterocycles. The molecule has 0 bridgehead atoms. The molecule has 0 spiro atoms. The van der Waals surface area contributed by atoms with Crippen LogP contribution in [0.2, 0.25) is 0 Å². The van der Waals surface area contributed by atoms with E-state index < -0.39 is 11.9 Å². The highest BCUT2D eigenvalue weighted by molar-refractivity contribution is 6.08. The minimum absolute atomic E-state index is 0.0423. The van der Waals surface area contributed by atoms with Crippen LogP contribution in [-0.4, -0.2) is 71.2 Å². The van der Waals surface area contributed by atoms with Crippen LogP contribution in [0.15, 0.2) is 33.5 Å². The summed E-state index contributed by atoms with van der Waals surface area (Å²) in [5, 5.41) is 20.2. The number of rotatable bonds is 16. The first-order valence-electron chi connectivity index (χ1n) is 14.2. The zero-order valence-corrected chi connectivity index (χ0v) is 23.7. The van der Waals surface area contributed by atoms with Crippen molar-refractivity contribution in [1.82, 2.24) is 9.80 Å². The van der Waals surface area contributed by atoms with Gasteiger partial charge in [-0.3, -0.25) is 4.79 Å². The van der Waals surface area contributed by atoms with Crippen molar-refractivity contribution in [2.45, 2.75) is 66.2 Å². The van der Waals surface area contributed by atoms with Gasteiger partial charge in [0, 0.05) is 0 Å². The predicted octanol–water partition coefficient (Wildman–Crippen LogP) is 5.67. The van der Waals surface area contributed by atoms with Crippen LogP contribution in [0.3, 0.4) is 0 Å². The van der Waals surface area contributed by atoms with Gasteiger partial charge in [0.25, 0.3) is 0 Å². The molecule has 0 aliphatic heterocycles. The lowest BCUT2D eigenvalue weighted by molar-refractivity contribution is 0.0688. The summed E-state index contributed by atoms with van der Waals surface area (Å²) in [7, 11) is 0. The van der Waals surface area contributed by atoms with Crippen LogP contribution in [0.5, 0.6) is 0 Å². The third-order valence-electron chi connectivity index (χ3n) is 7.74. The number of carboxylic acid groups (broad SMARTS) is 2. The standard InChI is InChI=1S/C31H42N2O6/c1-5-32(6-2)18-11-9-14-21-20-25(31(37)38)29-26(22(21)15-10-12-19-33(7-3)8-4)27(34)23-16-13-17-24(30(35)36)28(23)39-29/h13,16-17,20H,5-12,14-15,18-19H2,1-4H3,(H,35,36)(H,37,38). The molecule has 0 aliphatic carbocycles. The SMILES string of the molecule is CCN(CC)CCCCc1cc(C(=O)O)c2oc3c(C(=O)O)cccc3c(=O)c2c1CCCCN(CC)CC. The molecule has 0 radical (unpaired) electrons. The highest BCUT2D eigenvalue weighted by Crippen LogP contribution is 2.31. The van der Waals surface area contributed by atoms with E-state index in [1.54, 1.807) is 12.1 Å². The molecule has 8 nitrogen and oxygen atoms in total. The summed E-state index contributed by atoms with van der Waals surface area (Å²) >= 11 is 0. The van der Waals surface area contributed by atoms with E-state index in [1.165, 1.54) is 12.1 Å². The summed E-state index contributed by atoms with van der Waals surface area (Å²) in [6.07, 6.45) is 4.92. The topological polar surface area (TPSA) is 111 Å². The second-order valence-corrected chi connectivity index (χ2v) is 9.96. The Morgan fingerprint density at radius 1 is 0.769 bits per heavy atom. The van der Waals surface area contributed by atoms with Crippen molar-refractivity contribution in [3.05, 3.63) is 56.7 Å². The summed E-state index contributed by atoms with van der Waals surface area (Å²) in [6, 6.07) is 6.07. The molecular weight excluding hydrogens is 496 g/mol. The van der Waals surface area contributed by atoms with Crippen molar-refractivity contribution in [2.75, 3.05) is 39.3 Å². The lowest BCUT2D eigenvalue weighted by atomic mass is 9.90. The molecule has 1 aromatic heterocycles. The van der Waals surface area contributed by atoms with Crippen LogP contribution in [-0.2, 0) is 12.8 Å². The number of hydrogen-bond acceptors (Lipinski definition) is 6. The number of fused-ring (bicyclic) bond motifs is 2. The van der Waals surface area contributed by atoms with Crippen molar-refractivity contribution >= 4 is 33.9 Å². The van der Waals surface area contributed by atoms with E-state index in [1.807, 2.05) is 0 Å². The Balaban J connectivity index is 2.13. The van der Waals surface area contributed by atoms with Crippen molar-refractivity contribution in [3.63, 3.8) is 0 Å². The Bertz CT molecular complexity index is 1350. The van der Waals surface area contributed by atoms with Gasteiger partial charge in [-0.1, -0.05) is 33.8 Å². The van der Waals surface area contributed by atoms with Gasteiger partial charge in [0.15, 0.2) is 11.2 Å². The fraction of sp³-hybridized carbons (Fsp3) is 0.516. The van der Waals surface area contributed by atoms with Gasteiger partial charge >= 0.3 is 11.9 Å². The third-order valence-corrected chi connectivity index (χ3v) is 7.74. The van der Waals surface area contributed by atoms with Crippen LogP contribution >= 0.6 is 0 Å². The molecule has 0 fully saturated rings. The molecular formula is C31H42N2O6. The Hall–Kier alpha value is -3.23. The van der Waals surface area contributed by atoms with Gasteiger partial charge in [-0.2, -0.15) is 0 Å². The van der Waals surface area contributed by atoms with Gasteiger partial charge in [0.05, 0.1) is 10.8 Å². The van der Waals surface area contributed by atoms with Crippen LogP contribution in [0, 0.1) is 0 Å². The number of benzene rings is 2. The number of unbranched alkanes of at least 4 members (excludes halogenated alkanes) is 2. The number of carboxylic acids is 2. The van der Waals surface area contributed by atoms with Crippen molar-refractivity contribution in [1.29, 1.82) is 0 Å². The zero-order valence-electron chi connectivity index (χ0n) is 23.7. The number of hydrogen-bond donors (Lipinski definition) is 2. The second kappa shape index (κ2) is 14.2. The van der Waals surface area contributed by atoms with E-state index in [-0.39, 0.29) is 38.5 Å². The Kier molecular flexibility index (Phi) is 11.1. The number of nitrogens with zero attached hydrogens (tertiary/aromatic N) is 2. The average Bonchev–Trinajstić information content (AvgIpc) is 2.93. The van der Waals surface area contributed by atoms with E-state index in [2.05, 4.69) is 37.5 Å². The smallest absolute Gasteiger partial charge is 0.339 e. The number of carbonyl (C=O) groups is 2. The zero-order chi connectivity index (χ0) is 28.5. The maximum absolute atomic E-state index is 13.9. The molecule has 8 heteroatoms. The molecule has 0 unspecified atom stereocenters. The molecule has 0 atom stereocenters. The lowest BCUT2D eigenvalue weighted by Gasteiger charge is -2.19. The monoisotopic (exact) mass is 538 g/mol. The summed E-state index contributed by atoms with van der Waals surface area (Å²) in [6.45, 7) is 14.4. The van der Waals surface area contributed by atoms with Crippen LogP contribution in [0.4, 0.5) is 0 Å². The van der Waals surface area contributed by atoms with Gasteiger partial charge in [0.2, 0.25) is 5.43 Å². The van der Waals surface area contributed by atoms with Crippen LogP contribution < -0.4 is 5.43 Å². The average molecular weight is 539 g/mol. The molecule has 39 heavy (non-hydrogen) atoms. The third kappa shape index (κ3) is 7.05. The van der Waals surface area contributed by atoms with Crippen molar-refractivity contribution < 1.29 is 24.2 Å².